The Labute approximate surface area is 73.3 Å². The maximum Gasteiger partial charge on any atom is 0.163 e. The fourth-order valence-electron chi connectivity index (χ4n) is 0.833. The minimum atomic E-state index is 0.478. The summed E-state index contributed by atoms with van der Waals surface area (Å²) < 4.78 is 5.10. The molecule has 0 aliphatic heterocycles. The molecule has 68 valence electrons. The zero-order chi connectivity index (χ0) is 8.85. The summed E-state index contributed by atoms with van der Waals surface area (Å²) >= 11 is 0. The Bertz CT molecular complexity index is 96.1. The topological polar surface area (TPSA) is 12.5 Å². The summed E-state index contributed by atoms with van der Waals surface area (Å²) in [6.45, 7) is 5.15. The summed E-state index contributed by atoms with van der Waals surface area (Å²) in [6.07, 6.45) is 4.51. The van der Waals surface area contributed by atoms with E-state index in [1.54, 1.807) is 7.11 Å². The summed E-state index contributed by atoms with van der Waals surface area (Å²) in [5.74, 6) is 1.14. The molecule has 0 aliphatic rings. The first-order valence-electron chi connectivity index (χ1n) is 3.85. The highest BCUT2D eigenvalue weighted by Crippen LogP contribution is 2.00. The van der Waals surface area contributed by atoms with E-state index in [0.29, 0.717) is 16.9 Å². The average Bonchev–Trinajstić information content (AvgIpc) is 1.86. The van der Waals surface area contributed by atoms with E-state index in [0.717, 1.165) is 12.6 Å². The SMILES string of the molecule is COCN(C[S+](C)C)C(C)C. The van der Waals surface area contributed by atoms with Gasteiger partial charge in [-0.25, -0.2) is 4.90 Å². The van der Waals surface area contributed by atoms with Gasteiger partial charge < -0.3 is 4.74 Å². The van der Waals surface area contributed by atoms with Crippen LogP contribution in [0, 0.1) is 0 Å². The number of nitrogens with zero attached hydrogens (tertiary/aromatic N) is 1. The van der Waals surface area contributed by atoms with Crippen LogP contribution in [0.1, 0.15) is 13.8 Å². The molecule has 0 unspecified atom stereocenters. The molecule has 0 spiro atoms. The van der Waals surface area contributed by atoms with Crippen LogP contribution in [0.15, 0.2) is 0 Å². The fourth-order valence-corrected chi connectivity index (χ4v) is 1.87. The van der Waals surface area contributed by atoms with Gasteiger partial charge in [-0.2, -0.15) is 0 Å². The molecule has 0 radical (unpaired) electrons. The Morgan fingerprint density at radius 2 is 1.91 bits per heavy atom. The van der Waals surface area contributed by atoms with Crippen molar-refractivity contribution in [3.8, 4) is 0 Å². The van der Waals surface area contributed by atoms with Crippen LogP contribution in [0.5, 0.6) is 0 Å². The zero-order valence-corrected chi connectivity index (χ0v) is 9.07. The van der Waals surface area contributed by atoms with E-state index in [4.69, 9.17) is 4.74 Å². The maximum absolute atomic E-state index is 5.10. The first-order valence-corrected chi connectivity index (χ1v) is 6.06. The van der Waals surface area contributed by atoms with E-state index in [9.17, 15) is 0 Å². The lowest BCUT2D eigenvalue weighted by atomic mass is 10.4. The first-order chi connectivity index (χ1) is 5.07. The predicted octanol–water partition coefficient (Wildman–Crippen LogP) is 1.14. The molecule has 0 N–H and O–H groups in total. The third kappa shape index (κ3) is 5.53. The highest BCUT2D eigenvalue weighted by Gasteiger charge is 2.14. The van der Waals surface area contributed by atoms with Gasteiger partial charge in [-0.3, -0.25) is 0 Å². The summed E-state index contributed by atoms with van der Waals surface area (Å²) in [5, 5.41) is 0. The normalized spacial score (nSPS) is 12.0. The van der Waals surface area contributed by atoms with Crippen molar-refractivity contribution in [1.82, 2.24) is 4.90 Å². The molecule has 0 bridgehead atoms. The Morgan fingerprint density at radius 1 is 1.36 bits per heavy atom. The molecule has 0 amide bonds. The van der Waals surface area contributed by atoms with Crippen molar-refractivity contribution in [2.75, 3.05) is 32.2 Å². The van der Waals surface area contributed by atoms with Crippen LogP contribution in [0.4, 0.5) is 0 Å². The fraction of sp³-hybridized carbons (Fsp3) is 1.00. The zero-order valence-electron chi connectivity index (χ0n) is 8.26. The molecule has 11 heavy (non-hydrogen) atoms. The molecule has 0 aliphatic carbocycles. The van der Waals surface area contributed by atoms with Crippen molar-refractivity contribution in [2.24, 2.45) is 0 Å². The van der Waals surface area contributed by atoms with Gasteiger partial charge in [-0.15, -0.1) is 0 Å². The highest BCUT2D eigenvalue weighted by molar-refractivity contribution is 7.95. The van der Waals surface area contributed by atoms with Gasteiger partial charge in [0, 0.05) is 13.2 Å². The average molecular weight is 178 g/mol. The second-order valence-corrected chi connectivity index (χ2v) is 5.44. The lowest BCUT2D eigenvalue weighted by molar-refractivity contribution is 0.0575. The molecule has 0 saturated heterocycles. The molecule has 3 heteroatoms. The second-order valence-electron chi connectivity index (χ2n) is 3.21. The van der Waals surface area contributed by atoms with E-state index < -0.39 is 0 Å². The van der Waals surface area contributed by atoms with E-state index in [-0.39, 0.29) is 0 Å². The van der Waals surface area contributed by atoms with Crippen LogP contribution < -0.4 is 0 Å². The van der Waals surface area contributed by atoms with Gasteiger partial charge in [-0.05, 0) is 24.7 Å². The number of rotatable bonds is 5. The maximum atomic E-state index is 5.10. The standard InChI is InChI=1S/C8H20NOS/c1-8(2)9(6-10-3)7-11(4)5/h8H,6-7H2,1-5H3/q+1. The van der Waals surface area contributed by atoms with E-state index in [1.165, 1.54) is 0 Å². The van der Waals surface area contributed by atoms with Gasteiger partial charge in [-0.1, -0.05) is 0 Å². The van der Waals surface area contributed by atoms with E-state index >= 15 is 0 Å². The monoisotopic (exact) mass is 178 g/mol. The van der Waals surface area contributed by atoms with Gasteiger partial charge in [0.1, 0.15) is 6.73 Å². The lowest BCUT2D eigenvalue weighted by Gasteiger charge is -2.22. The third-order valence-corrected chi connectivity index (χ3v) is 2.30. The molecular weight excluding hydrogens is 158 g/mol. The largest absolute Gasteiger partial charge is 0.369 e. The summed E-state index contributed by atoms with van der Waals surface area (Å²) in [4.78, 5) is 2.34. The van der Waals surface area contributed by atoms with Gasteiger partial charge in [0.2, 0.25) is 0 Å². The molecule has 0 saturated carbocycles. The van der Waals surface area contributed by atoms with Crippen molar-refractivity contribution in [1.29, 1.82) is 0 Å². The number of hydrogen-bond acceptors (Lipinski definition) is 2. The van der Waals surface area contributed by atoms with Gasteiger partial charge in [0.15, 0.2) is 5.88 Å². The Hall–Kier alpha value is 0.270. The summed E-state index contributed by atoms with van der Waals surface area (Å²) in [5.41, 5.74) is 0. The van der Waals surface area contributed by atoms with Gasteiger partial charge in [0.05, 0.1) is 12.5 Å². The molecule has 0 fully saturated rings. The van der Waals surface area contributed by atoms with Crippen molar-refractivity contribution in [2.45, 2.75) is 19.9 Å². The molecular formula is C8H20NOS+. The lowest BCUT2D eigenvalue weighted by Crippen LogP contribution is -2.36. The van der Waals surface area contributed by atoms with E-state index in [2.05, 4.69) is 31.3 Å². The van der Waals surface area contributed by atoms with Crippen LogP contribution in [0.25, 0.3) is 0 Å². The van der Waals surface area contributed by atoms with Crippen molar-refractivity contribution in [3.63, 3.8) is 0 Å². The van der Waals surface area contributed by atoms with Crippen LogP contribution in [-0.2, 0) is 15.6 Å². The Morgan fingerprint density at radius 3 is 2.18 bits per heavy atom. The minimum Gasteiger partial charge on any atom is -0.369 e. The third-order valence-electron chi connectivity index (χ3n) is 1.45. The van der Waals surface area contributed by atoms with Crippen molar-refractivity contribution in [3.05, 3.63) is 0 Å². The van der Waals surface area contributed by atoms with Crippen LogP contribution in [-0.4, -0.2) is 43.2 Å². The molecule has 0 heterocycles. The van der Waals surface area contributed by atoms with E-state index in [1.807, 2.05) is 0 Å². The molecule has 0 aromatic rings. The number of ether oxygens (including phenoxy) is 1. The highest BCUT2D eigenvalue weighted by atomic mass is 32.2. The van der Waals surface area contributed by atoms with Gasteiger partial charge in [0.25, 0.3) is 0 Å². The van der Waals surface area contributed by atoms with Crippen LogP contribution in [0.2, 0.25) is 0 Å². The number of hydrogen-bond donors (Lipinski definition) is 0. The number of methoxy groups -OCH3 is 1. The summed E-state index contributed by atoms with van der Waals surface area (Å²) in [7, 11) is 2.23. The molecule has 0 aromatic heterocycles. The van der Waals surface area contributed by atoms with Gasteiger partial charge >= 0.3 is 0 Å². The molecule has 0 rings (SSSR count). The molecule has 2 nitrogen and oxygen atoms in total. The first kappa shape index (κ1) is 11.3. The van der Waals surface area contributed by atoms with Crippen LogP contribution >= 0.6 is 0 Å². The Balaban J connectivity index is 3.69. The summed E-state index contributed by atoms with van der Waals surface area (Å²) in [6, 6.07) is 0.588. The van der Waals surface area contributed by atoms with Crippen LogP contribution in [0.3, 0.4) is 0 Å². The van der Waals surface area contributed by atoms with Crippen molar-refractivity contribution < 1.29 is 4.74 Å². The van der Waals surface area contributed by atoms with Crippen molar-refractivity contribution >= 4 is 10.9 Å². The molecule has 0 atom stereocenters. The quantitative estimate of drug-likeness (QED) is 0.462. The Kier molecular flexibility index (Phi) is 6.01. The smallest absolute Gasteiger partial charge is 0.163 e. The molecule has 0 aromatic carbocycles. The minimum absolute atomic E-state index is 0.478. The predicted molar refractivity (Wildman–Crippen MR) is 52.9 cm³/mol. The second kappa shape index (κ2) is 5.86.